The molecule has 0 heterocycles. The van der Waals surface area contributed by atoms with E-state index in [0.29, 0.717) is 0 Å². The molecule has 0 aromatic rings. The molecule has 19 heavy (non-hydrogen) atoms. The van der Waals surface area contributed by atoms with E-state index in [9.17, 15) is 0 Å². The van der Waals surface area contributed by atoms with Crippen molar-refractivity contribution in [3.05, 3.63) is 5.92 Å². The molecule has 2 fully saturated rings. The van der Waals surface area contributed by atoms with Crippen LogP contribution in [-0.2, 0) is 0 Å². The van der Waals surface area contributed by atoms with Crippen molar-refractivity contribution in [2.24, 2.45) is 11.8 Å². The lowest BCUT2D eigenvalue weighted by atomic mass is 9.70. The van der Waals surface area contributed by atoms with E-state index in [1.807, 2.05) is 5.92 Å². The van der Waals surface area contributed by atoms with E-state index in [0.717, 1.165) is 17.9 Å². The maximum Gasteiger partial charge on any atom is 0.00947 e. The van der Waals surface area contributed by atoms with Crippen LogP contribution >= 0.6 is 0 Å². The summed E-state index contributed by atoms with van der Waals surface area (Å²) in [5.41, 5.74) is 0. The summed E-state index contributed by atoms with van der Waals surface area (Å²) in [6.07, 6.45) is 11.5. The Morgan fingerprint density at radius 1 is 0.947 bits per heavy atom. The molecule has 0 amide bonds. The minimum atomic E-state index is 0.822. The van der Waals surface area contributed by atoms with Crippen LogP contribution in [0.25, 0.3) is 0 Å². The lowest BCUT2D eigenvalue weighted by Gasteiger charge is -2.40. The minimum Gasteiger partial charge on any atom is -0.309 e. The summed E-state index contributed by atoms with van der Waals surface area (Å²) in [4.78, 5) is 4.80. The average molecular weight is 265 g/mol. The Kier molecular flexibility index (Phi) is 5.70. The molecule has 0 saturated heterocycles. The topological polar surface area (TPSA) is 6.48 Å². The van der Waals surface area contributed by atoms with Crippen LogP contribution in [0.1, 0.15) is 51.4 Å². The number of nitrogens with zero attached hydrogens (tertiary/aromatic N) is 2. The Balaban J connectivity index is 1.77. The first-order valence-electron chi connectivity index (χ1n) is 8.22. The summed E-state index contributed by atoms with van der Waals surface area (Å²) in [6, 6.07) is 0.822. The molecule has 2 nitrogen and oxygen atoms in total. The van der Waals surface area contributed by atoms with Gasteiger partial charge in [0.25, 0.3) is 0 Å². The molecule has 1 atom stereocenters. The molecule has 0 aliphatic heterocycles. The molecular weight excluding hydrogens is 232 g/mol. The number of hydrogen-bond acceptors (Lipinski definition) is 2. The zero-order valence-electron chi connectivity index (χ0n) is 13.5. The van der Waals surface area contributed by atoms with Gasteiger partial charge in [0.15, 0.2) is 0 Å². The standard InChI is InChI=1S/C17H33N2/c1-18(2)13-14-8-10-15(11-9-14)16-6-5-7-17(12-16)19(3)4/h14-15,17H,5-13H2,1-4H3. The van der Waals surface area contributed by atoms with E-state index in [2.05, 4.69) is 38.0 Å². The second-order valence-corrected chi connectivity index (χ2v) is 7.35. The highest BCUT2D eigenvalue weighted by atomic mass is 15.1. The maximum atomic E-state index is 2.44. The molecule has 2 heteroatoms. The lowest BCUT2D eigenvalue weighted by molar-refractivity contribution is 0.186. The minimum absolute atomic E-state index is 0.822. The molecule has 0 aromatic carbocycles. The summed E-state index contributed by atoms with van der Waals surface area (Å²) in [5.74, 6) is 3.83. The van der Waals surface area contributed by atoms with Crippen molar-refractivity contribution in [3.63, 3.8) is 0 Å². The van der Waals surface area contributed by atoms with Crippen LogP contribution in [0.3, 0.4) is 0 Å². The van der Waals surface area contributed by atoms with Gasteiger partial charge in [0.2, 0.25) is 0 Å². The fourth-order valence-electron chi connectivity index (χ4n) is 4.15. The van der Waals surface area contributed by atoms with Crippen LogP contribution in [0.4, 0.5) is 0 Å². The Bertz CT molecular complexity index is 254. The van der Waals surface area contributed by atoms with Crippen molar-refractivity contribution in [1.29, 1.82) is 0 Å². The average Bonchev–Trinajstić information content (AvgIpc) is 2.39. The molecule has 0 spiro atoms. The Morgan fingerprint density at radius 3 is 2.21 bits per heavy atom. The van der Waals surface area contributed by atoms with Crippen molar-refractivity contribution < 1.29 is 0 Å². The van der Waals surface area contributed by atoms with Crippen LogP contribution in [0, 0.1) is 17.8 Å². The van der Waals surface area contributed by atoms with E-state index in [1.54, 1.807) is 0 Å². The second-order valence-electron chi connectivity index (χ2n) is 7.35. The van der Waals surface area contributed by atoms with Gasteiger partial charge < -0.3 is 9.80 Å². The Labute approximate surface area is 120 Å². The smallest absolute Gasteiger partial charge is 0.00947 e. The quantitative estimate of drug-likeness (QED) is 0.768. The van der Waals surface area contributed by atoms with Gasteiger partial charge in [-0.1, -0.05) is 6.42 Å². The predicted octanol–water partition coefficient (Wildman–Crippen LogP) is 3.43. The van der Waals surface area contributed by atoms with Crippen LogP contribution in [0.2, 0.25) is 0 Å². The summed E-state index contributed by atoms with van der Waals surface area (Å²) in [5, 5.41) is 0. The third-order valence-corrected chi connectivity index (χ3v) is 5.31. The van der Waals surface area contributed by atoms with Crippen molar-refractivity contribution >= 4 is 0 Å². The van der Waals surface area contributed by atoms with Gasteiger partial charge in [-0.05, 0) is 90.9 Å². The third kappa shape index (κ3) is 4.46. The Hall–Kier alpha value is -0.0800. The predicted molar refractivity (Wildman–Crippen MR) is 83.2 cm³/mol. The van der Waals surface area contributed by atoms with Crippen LogP contribution in [-0.4, -0.2) is 50.6 Å². The fraction of sp³-hybridized carbons (Fsp3) is 0.941. The monoisotopic (exact) mass is 265 g/mol. The lowest BCUT2D eigenvalue weighted by Crippen LogP contribution is -2.36. The molecular formula is C17H33N2. The molecule has 2 aliphatic rings. The summed E-state index contributed by atoms with van der Waals surface area (Å²) in [6.45, 7) is 1.29. The van der Waals surface area contributed by atoms with Crippen molar-refractivity contribution in [1.82, 2.24) is 9.80 Å². The summed E-state index contributed by atoms with van der Waals surface area (Å²) in [7, 11) is 8.93. The van der Waals surface area contributed by atoms with Gasteiger partial charge in [-0.15, -0.1) is 0 Å². The molecule has 1 unspecified atom stereocenters. The Morgan fingerprint density at radius 2 is 1.63 bits per heavy atom. The molecule has 2 aliphatic carbocycles. The van der Waals surface area contributed by atoms with Gasteiger partial charge in [-0.25, -0.2) is 0 Å². The molecule has 111 valence electrons. The molecule has 0 N–H and O–H groups in total. The molecule has 0 bridgehead atoms. The normalized spacial score (nSPS) is 34.1. The van der Waals surface area contributed by atoms with Crippen LogP contribution < -0.4 is 0 Å². The molecule has 0 aromatic heterocycles. The zero-order chi connectivity index (χ0) is 13.8. The van der Waals surface area contributed by atoms with Gasteiger partial charge in [0.1, 0.15) is 0 Å². The van der Waals surface area contributed by atoms with Gasteiger partial charge in [0.05, 0.1) is 0 Å². The number of hydrogen-bond donors (Lipinski definition) is 0. The summed E-state index contributed by atoms with van der Waals surface area (Å²) >= 11 is 0. The van der Waals surface area contributed by atoms with Crippen LogP contribution in [0.15, 0.2) is 0 Å². The zero-order valence-corrected chi connectivity index (χ0v) is 13.5. The molecule has 2 rings (SSSR count). The highest BCUT2D eigenvalue weighted by molar-refractivity contribution is 5.03. The summed E-state index contributed by atoms with van der Waals surface area (Å²) < 4.78 is 0. The fourth-order valence-corrected chi connectivity index (χ4v) is 4.15. The maximum absolute atomic E-state index is 2.44. The third-order valence-electron chi connectivity index (χ3n) is 5.31. The van der Waals surface area contributed by atoms with Gasteiger partial charge in [-0.2, -0.15) is 0 Å². The van der Waals surface area contributed by atoms with Gasteiger partial charge >= 0.3 is 0 Å². The van der Waals surface area contributed by atoms with E-state index in [-0.39, 0.29) is 0 Å². The highest BCUT2D eigenvalue weighted by Crippen LogP contribution is 2.42. The van der Waals surface area contributed by atoms with Crippen LogP contribution in [0.5, 0.6) is 0 Å². The molecule has 1 radical (unpaired) electrons. The van der Waals surface area contributed by atoms with Crippen molar-refractivity contribution in [3.8, 4) is 0 Å². The molecule has 2 saturated carbocycles. The van der Waals surface area contributed by atoms with E-state index < -0.39 is 0 Å². The highest BCUT2D eigenvalue weighted by Gasteiger charge is 2.32. The van der Waals surface area contributed by atoms with E-state index in [1.165, 1.54) is 57.9 Å². The largest absolute Gasteiger partial charge is 0.309 e. The number of rotatable bonds is 4. The first-order chi connectivity index (χ1) is 9.06. The first-order valence-corrected chi connectivity index (χ1v) is 8.22. The second kappa shape index (κ2) is 7.08. The van der Waals surface area contributed by atoms with E-state index in [4.69, 9.17) is 0 Å². The van der Waals surface area contributed by atoms with Crippen molar-refractivity contribution in [2.45, 2.75) is 57.4 Å². The SMILES string of the molecule is CN(C)CC1CCC([C]2CCCC(N(C)C)C2)CC1. The van der Waals surface area contributed by atoms with E-state index >= 15 is 0 Å². The van der Waals surface area contributed by atoms with Gasteiger partial charge in [0, 0.05) is 12.6 Å². The van der Waals surface area contributed by atoms with Gasteiger partial charge in [-0.3, -0.25) is 0 Å². The first kappa shape index (κ1) is 15.3. The van der Waals surface area contributed by atoms with Crippen molar-refractivity contribution in [2.75, 3.05) is 34.7 Å².